The molecule has 0 bridgehead atoms. The third kappa shape index (κ3) is 2.58. The zero-order valence-corrected chi connectivity index (χ0v) is 11.1. The summed E-state index contributed by atoms with van der Waals surface area (Å²) in [5.74, 6) is -0.397. The van der Waals surface area contributed by atoms with Gasteiger partial charge in [-0.05, 0) is 25.0 Å². The van der Waals surface area contributed by atoms with E-state index < -0.39 is 11.5 Å². The van der Waals surface area contributed by atoms with Gasteiger partial charge in [0.1, 0.15) is 11.1 Å². The van der Waals surface area contributed by atoms with E-state index in [0.717, 1.165) is 31.3 Å². The summed E-state index contributed by atoms with van der Waals surface area (Å²) in [6, 6.07) is 8.74. The number of piperidine rings is 1. The number of nitrogens with zero attached hydrogens (tertiary/aromatic N) is 1. The molecule has 0 aliphatic carbocycles. The fourth-order valence-corrected chi connectivity index (χ4v) is 2.43. The van der Waals surface area contributed by atoms with Gasteiger partial charge in [0.25, 0.3) is 5.91 Å². The first-order valence-corrected chi connectivity index (χ1v) is 6.83. The number of hydrogen-bond acceptors (Lipinski definition) is 4. The Kier molecular flexibility index (Phi) is 3.52. The van der Waals surface area contributed by atoms with Gasteiger partial charge < -0.3 is 4.42 Å². The second kappa shape index (κ2) is 5.46. The summed E-state index contributed by atoms with van der Waals surface area (Å²) in [5.41, 5.74) is 2.72. The summed E-state index contributed by atoms with van der Waals surface area (Å²) in [6.45, 7) is 1.65. The van der Waals surface area contributed by atoms with E-state index in [4.69, 9.17) is 4.42 Å². The maximum atomic E-state index is 12.2. The highest BCUT2D eigenvalue weighted by molar-refractivity contribution is 5.96. The van der Waals surface area contributed by atoms with Crippen LogP contribution in [0.4, 0.5) is 0 Å². The Labute approximate surface area is 116 Å². The third-order valence-corrected chi connectivity index (χ3v) is 3.50. The zero-order chi connectivity index (χ0) is 13.9. The quantitative estimate of drug-likeness (QED) is 0.848. The van der Waals surface area contributed by atoms with Crippen molar-refractivity contribution in [2.75, 3.05) is 13.1 Å². The Bertz CT molecular complexity index is 687. The van der Waals surface area contributed by atoms with Crippen LogP contribution in [0.25, 0.3) is 11.0 Å². The fourth-order valence-electron chi connectivity index (χ4n) is 2.43. The third-order valence-electron chi connectivity index (χ3n) is 3.50. The van der Waals surface area contributed by atoms with Crippen molar-refractivity contribution in [2.45, 2.75) is 19.3 Å². The van der Waals surface area contributed by atoms with Crippen molar-refractivity contribution in [2.24, 2.45) is 0 Å². The number of fused-ring (bicyclic) bond motifs is 1. The van der Waals surface area contributed by atoms with Crippen LogP contribution >= 0.6 is 0 Å². The fraction of sp³-hybridized carbons (Fsp3) is 0.333. The molecule has 2 aromatic rings. The molecule has 1 aliphatic rings. The van der Waals surface area contributed by atoms with Crippen molar-refractivity contribution in [3.8, 4) is 0 Å². The van der Waals surface area contributed by atoms with Crippen LogP contribution in [0, 0.1) is 0 Å². The molecule has 3 rings (SSSR count). The van der Waals surface area contributed by atoms with Gasteiger partial charge in [-0.3, -0.25) is 10.2 Å². The van der Waals surface area contributed by atoms with Gasteiger partial charge in [-0.25, -0.2) is 9.80 Å². The Balaban J connectivity index is 1.87. The smallest absolute Gasteiger partial charge is 0.349 e. The molecule has 1 fully saturated rings. The second-order valence-electron chi connectivity index (χ2n) is 4.97. The molecule has 0 spiro atoms. The summed E-state index contributed by atoms with van der Waals surface area (Å²) in [5, 5.41) is 2.61. The lowest BCUT2D eigenvalue weighted by Crippen LogP contribution is -2.46. The Hall–Kier alpha value is -2.14. The predicted octanol–water partition coefficient (Wildman–Crippen LogP) is 1.92. The van der Waals surface area contributed by atoms with Crippen molar-refractivity contribution < 1.29 is 9.21 Å². The second-order valence-corrected chi connectivity index (χ2v) is 4.97. The van der Waals surface area contributed by atoms with Crippen molar-refractivity contribution >= 4 is 16.9 Å². The number of amides is 1. The number of carbonyl (C=O) groups is 1. The number of hydrogen-bond donors (Lipinski definition) is 1. The summed E-state index contributed by atoms with van der Waals surface area (Å²) in [6.07, 6.45) is 3.31. The molecular weight excluding hydrogens is 256 g/mol. The van der Waals surface area contributed by atoms with Crippen LogP contribution in [0.5, 0.6) is 0 Å². The highest BCUT2D eigenvalue weighted by Gasteiger charge is 2.17. The lowest BCUT2D eigenvalue weighted by atomic mass is 10.1. The Morgan fingerprint density at radius 1 is 1.15 bits per heavy atom. The average molecular weight is 272 g/mol. The van der Waals surface area contributed by atoms with Crippen LogP contribution in [0.2, 0.25) is 0 Å². The van der Waals surface area contributed by atoms with Crippen LogP contribution < -0.4 is 11.1 Å². The molecule has 0 unspecified atom stereocenters. The minimum absolute atomic E-state index is 0.0503. The molecule has 20 heavy (non-hydrogen) atoms. The lowest BCUT2D eigenvalue weighted by molar-refractivity contribution is 0.0746. The van der Waals surface area contributed by atoms with Gasteiger partial charge in [0, 0.05) is 18.5 Å². The Morgan fingerprint density at radius 2 is 1.90 bits per heavy atom. The summed E-state index contributed by atoms with van der Waals surface area (Å²) in [7, 11) is 0. The first-order valence-electron chi connectivity index (χ1n) is 6.83. The van der Waals surface area contributed by atoms with Crippen LogP contribution in [-0.4, -0.2) is 24.0 Å². The monoisotopic (exact) mass is 272 g/mol. The molecule has 104 valence electrons. The number of hydrazine groups is 1. The standard InChI is InChI=1S/C15H16N2O3/c18-14(16-17-8-4-1-5-9-17)12-10-11-6-2-3-7-13(11)20-15(12)19/h2-3,6-7,10H,1,4-5,8-9H2,(H,16,18). The molecule has 1 aliphatic heterocycles. The SMILES string of the molecule is O=C(NN1CCCCC1)c1cc2ccccc2oc1=O. The van der Waals surface area contributed by atoms with Crippen molar-refractivity contribution in [3.05, 3.63) is 46.3 Å². The van der Waals surface area contributed by atoms with E-state index in [2.05, 4.69) is 5.43 Å². The number of nitrogens with one attached hydrogen (secondary N) is 1. The summed E-state index contributed by atoms with van der Waals surface area (Å²) in [4.78, 5) is 24.0. The van der Waals surface area contributed by atoms with E-state index in [9.17, 15) is 9.59 Å². The average Bonchev–Trinajstić information content (AvgIpc) is 2.47. The largest absolute Gasteiger partial charge is 0.422 e. The molecule has 1 N–H and O–H groups in total. The highest BCUT2D eigenvalue weighted by atomic mass is 16.4. The van der Waals surface area contributed by atoms with E-state index >= 15 is 0 Å². The molecule has 1 aromatic heterocycles. The molecule has 2 heterocycles. The van der Waals surface area contributed by atoms with E-state index in [1.54, 1.807) is 18.2 Å². The maximum absolute atomic E-state index is 12.2. The van der Waals surface area contributed by atoms with Gasteiger partial charge in [0.15, 0.2) is 0 Å². The number of carbonyl (C=O) groups excluding carboxylic acids is 1. The van der Waals surface area contributed by atoms with E-state index in [1.165, 1.54) is 6.42 Å². The predicted molar refractivity (Wildman–Crippen MR) is 75.4 cm³/mol. The van der Waals surface area contributed by atoms with Gasteiger partial charge in [-0.15, -0.1) is 0 Å². The van der Waals surface area contributed by atoms with E-state index in [0.29, 0.717) is 5.58 Å². The van der Waals surface area contributed by atoms with Gasteiger partial charge in [0.05, 0.1) is 0 Å². The van der Waals surface area contributed by atoms with Gasteiger partial charge in [0.2, 0.25) is 0 Å². The molecule has 0 radical (unpaired) electrons. The molecule has 1 saturated heterocycles. The van der Waals surface area contributed by atoms with Crippen LogP contribution in [0.15, 0.2) is 39.5 Å². The molecule has 1 amide bonds. The molecule has 5 heteroatoms. The molecule has 0 saturated carbocycles. The number of rotatable bonds is 2. The normalized spacial score (nSPS) is 16.2. The van der Waals surface area contributed by atoms with Crippen molar-refractivity contribution in [1.82, 2.24) is 10.4 Å². The van der Waals surface area contributed by atoms with Crippen LogP contribution in [0.1, 0.15) is 29.6 Å². The minimum atomic E-state index is -0.599. The van der Waals surface area contributed by atoms with Crippen LogP contribution in [-0.2, 0) is 0 Å². The van der Waals surface area contributed by atoms with Gasteiger partial charge in [-0.2, -0.15) is 0 Å². The molecule has 0 atom stereocenters. The molecule has 1 aromatic carbocycles. The molecular formula is C15H16N2O3. The van der Waals surface area contributed by atoms with Gasteiger partial charge in [-0.1, -0.05) is 24.6 Å². The van der Waals surface area contributed by atoms with Gasteiger partial charge >= 0.3 is 5.63 Å². The summed E-state index contributed by atoms with van der Waals surface area (Å²) >= 11 is 0. The van der Waals surface area contributed by atoms with Crippen molar-refractivity contribution in [3.63, 3.8) is 0 Å². The first kappa shape index (κ1) is 12.9. The van der Waals surface area contributed by atoms with E-state index in [1.807, 2.05) is 17.1 Å². The summed E-state index contributed by atoms with van der Waals surface area (Å²) < 4.78 is 5.17. The first-order chi connectivity index (χ1) is 9.74. The minimum Gasteiger partial charge on any atom is -0.422 e. The van der Waals surface area contributed by atoms with E-state index in [-0.39, 0.29) is 5.56 Å². The molecule has 5 nitrogen and oxygen atoms in total. The lowest BCUT2D eigenvalue weighted by Gasteiger charge is -2.26. The Morgan fingerprint density at radius 3 is 2.70 bits per heavy atom. The highest BCUT2D eigenvalue weighted by Crippen LogP contribution is 2.13. The number of para-hydroxylation sites is 1. The topological polar surface area (TPSA) is 62.6 Å². The zero-order valence-electron chi connectivity index (χ0n) is 11.1. The van der Waals surface area contributed by atoms with Crippen LogP contribution in [0.3, 0.4) is 0 Å². The maximum Gasteiger partial charge on any atom is 0.349 e. The van der Waals surface area contributed by atoms with Crippen molar-refractivity contribution in [1.29, 1.82) is 0 Å². The number of benzene rings is 1.